The quantitative estimate of drug-likeness (QED) is 0.783. The number of nitrogens with zero attached hydrogens (tertiary/aromatic N) is 1. The Bertz CT molecular complexity index is 253. The highest BCUT2D eigenvalue weighted by atomic mass is 16.3. The second-order valence-corrected chi connectivity index (χ2v) is 6.39. The molecule has 0 saturated carbocycles. The van der Waals surface area contributed by atoms with Crippen LogP contribution in [0.15, 0.2) is 0 Å². The van der Waals surface area contributed by atoms with E-state index in [9.17, 15) is 5.11 Å². The van der Waals surface area contributed by atoms with Gasteiger partial charge in [0.25, 0.3) is 0 Å². The van der Waals surface area contributed by atoms with E-state index in [1.54, 1.807) is 0 Å². The van der Waals surface area contributed by atoms with E-state index in [-0.39, 0.29) is 0 Å². The summed E-state index contributed by atoms with van der Waals surface area (Å²) < 4.78 is 0. The fourth-order valence-electron chi connectivity index (χ4n) is 3.03. The first-order valence-corrected chi connectivity index (χ1v) is 7.20. The molecule has 3 unspecified atom stereocenters. The molecule has 2 heterocycles. The molecule has 2 N–H and O–H groups in total. The lowest BCUT2D eigenvalue weighted by molar-refractivity contribution is 0.0102. The average Bonchev–Trinajstić information content (AvgIpc) is 2.69. The molecule has 3 heteroatoms. The summed E-state index contributed by atoms with van der Waals surface area (Å²) in [7, 11) is 0. The zero-order valence-electron chi connectivity index (χ0n) is 11.6. The van der Waals surface area contributed by atoms with Gasteiger partial charge in [0, 0.05) is 25.2 Å². The molecule has 3 atom stereocenters. The Morgan fingerprint density at radius 1 is 1.29 bits per heavy atom. The van der Waals surface area contributed by atoms with Crippen molar-refractivity contribution in [3.63, 3.8) is 0 Å². The maximum absolute atomic E-state index is 10.3. The summed E-state index contributed by atoms with van der Waals surface area (Å²) in [6.07, 6.45) is 5.33. The van der Waals surface area contributed by atoms with Gasteiger partial charge in [0.15, 0.2) is 0 Å². The van der Waals surface area contributed by atoms with Crippen molar-refractivity contribution < 1.29 is 5.11 Å². The van der Waals surface area contributed by atoms with Gasteiger partial charge in [0.2, 0.25) is 0 Å². The Kier molecular flexibility index (Phi) is 4.11. The molecule has 0 spiro atoms. The third-order valence-corrected chi connectivity index (χ3v) is 4.82. The predicted octanol–water partition coefficient (Wildman–Crippen LogP) is 1.61. The summed E-state index contributed by atoms with van der Waals surface area (Å²) in [5.74, 6) is 0.305. The van der Waals surface area contributed by atoms with Crippen LogP contribution in [0.2, 0.25) is 0 Å². The standard InChI is InChI=1S/C14H28N2O/c1-11(2)14(3,17)10-15-12-7-9-16-8-5-4-6-13(12)16/h11-13,15,17H,4-10H2,1-3H3. The molecular formula is C14H28N2O. The maximum atomic E-state index is 10.3. The normalized spacial score (nSPS) is 33.7. The third kappa shape index (κ3) is 3.01. The number of piperidine rings is 1. The van der Waals surface area contributed by atoms with E-state index in [1.165, 1.54) is 38.8 Å². The molecular weight excluding hydrogens is 212 g/mol. The number of fused-ring (bicyclic) bond motifs is 1. The first-order chi connectivity index (χ1) is 8.00. The van der Waals surface area contributed by atoms with E-state index < -0.39 is 5.60 Å². The van der Waals surface area contributed by atoms with Crippen molar-refractivity contribution in [2.45, 2.75) is 64.1 Å². The minimum Gasteiger partial charge on any atom is -0.389 e. The van der Waals surface area contributed by atoms with Gasteiger partial charge in [-0.05, 0) is 38.6 Å². The molecule has 0 amide bonds. The minimum atomic E-state index is -0.581. The van der Waals surface area contributed by atoms with E-state index in [1.807, 2.05) is 6.92 Å². The smallest absolute Gasteiger partial charge is 0.0766 e. The minimum absolute atomic E-state index is 0.305. The Labute approximate surface area is 106 Å². The van der Waals surface area contributed by atoms with E-state index >= 15 is 0 Å². The number of rotatable bonds is 4. The van der Waals surface area contributed by atoms with E-state index in [0.717, 1.165) is 12.6 Å². The van der Waals surface area contributed by atoms with Gasteiger partial charge in [-0.15, -0.1) is 0 Å². The molecule has 2 aliphatic rings. The molecule has 2 rings (SSSR count). The number of hydrogen-bond acceptors (Lipinski definition) is 3. The summed E-state index contributed by atoms with van der Waals surface area (Å²) in [6, 6.07) is 1.33. The van der Waals surface area contributed by atoms with Crippen molar-refractivity contribution in [3.8, 4) is 0 Å². The van der Waals surface area contributed by atoms with Crippen molar-refractivity contribution in [1.82, 2.24) is 10.2 Å². The largest absolute Gasteiger partial charge is 0.389 e. The fourth-order valence-corrected chi connectivity index (χ4v) is 3.03. The average molecular weight is 240 g/mol. The molecule has 0 aliphatic carbocycles. The van der Waals surface area contributed by atoms with Crippen LogP contribution in [0.1, 0.15) is 46.5 Å². The number of nitrogens with one attached hydrogen (secondary N) is 1. The van der Waals surface area contributed by atoms with E-state index in [4.69, 9.17) is 0 Å². The van der Waals surface area contributed by atoms with Crippen molar-refractivity contribution in [1.29, 1.82) is 0 Å². The molecule has 0 aromatic heterocycles. The molecule has 0 radical (unpaired) electrons. The summed E-state index contributed by atoms with van der Waals surface area (Å²) in [4.78, 5) is 2.63. The van der Waals surface area contributed by atoms with Crippen LogP contribution in [-0.2, 0) is 0 Å². The highest BCUT2D eigenvalue weighted by Crippen LogP contribution is 2.27. The monoisotopic (exact) mass is 240 g/mol. The van der Waals surface area contributed by atoms with Gasteiger partial charge < -0.3 is 10.4 Å². The molecule has 100 valence electrons. The molecule has 17 heavy (non-hydrogen) atoms. The van der Waals surface area contributed by atoms with Crippen molar-refractivity contribution in [2.75, 3.05) is 19.6 Å². The van der Waals surface area contributed by atoms with E-state index in [2.05, 4.69) is 24.1 Å². The lowest BCUT2D eigenvalue weighted by Crippen LogP contribution is -2.50. The number of aliphatic hydroxyl groups is 1. The highest BCUT2D eigenvalue weighted by molar-refractivity contribution is 4.95. The molecule has 3 nitrogen and oxygen atoms in total. The van der Waals surface area contributed by atoms with Crippen LogP contribution in [0, 0.1) is 5.92 Å². The predicted molar refractivity (Wildman–Crippen MR) is 71.1 cm³/mol. The molecule has 0 aromatic carbocycles. The third-order valence-electron chi connectivity index (χ3n) is 4.82. The van der Waals surface area contributed by atoms with Crippen LogP contribution in [0.25, 0.3) is 0 Å². The fraction of sp³-hybridized carbons (Fsp3) is 1.00. The zero-order valence-corrected chi connectivity index (χ0v) is 11.6. The molecule has 2 aliphatic heterocycles. The van der Waals surface area contributed by atoms with Gasteiger partial charge in [-0.2, -0.15) is 0 Å². The second kappa shape index (κ2) is 5.25. The number of hydrogen-bond donors (Lipinski definition) is 2. The van der Waals surface area contributed by atoms with Crippen LogP contribution in [0.3, 0.4) is 0 Å². The first-order valence-electron chi connectivity index (χ1n) is 7.20. The van der Waals surface area contributed by atoms with Crippen LogP contribution in [0.5, 0.6) is 0 Å². The van der Waals surface area contributed by atoms with Gasteiger partial charge in [-0.1, -0.05) is 20.3 Å². The Morgan fingerprint density at radius 2 is 2.06 bits per heavy atom. The summed E-state index contributed by atoms with van der Waals surface area (Å²) >= 11 is 0. The van der Waals surface area contributed by atoms with E-state index in [0.29, 0.717) is 12.0 Å². The summed E-state index contributed by atoms with van der Waals surface area (Å²) in [5, 5.41) is 13.9. The Morgan fingerprint density at radius 3 is 2.76 bits per heavy atom. The van der Waals surface area contributed by atoms with Crippen molar-refractivity contribution >= 4 is 0 Å². The van der Waals surface area contributed by atoms with Crippen LogP contribution in [0.4, 0.5) is 0 Å². The zero-order chi connectivity index (χ0) is 12.5. The molecule has 0 aromatic rings. The lowest BCUT2D eigenvalue weighted by Gasteiger charge is -2.35. The van der Waals surface area contributed by atoms with Crippen LogP contribution in [-0.4, -0.2) is 47.3 Å². The summed E-state index contributed by atoms with van der Waals surface area (Å²) in [6.45, 7) is 9.36. The topological polar surface area (TPSA) is 35.5 Å². The maximum Gasteiger partial charge on any atom is 0.0766 e. The van der Waals surface area contributed by atoms with Crippen molar-refractivity contribution in [3.05, 3.63) is 0 Å². The van der Waals surface area contributed by atoms with Crippen LogP contribution >= 0.6 is 0 Å². The molecule has 2 fully saturated rings. The van der Waals surface area contributed by atoms with Gasteiger partial charge in [0.1, 0.15) is 0 Å². The lowest BCUT2D eigenvalue weighted by atomic mass is 9.91. The Balaban J connectivity index is 1.83. The first kappa shape index (κ1) is 13.3. The van der Waals surface area contributed by atoms with Gasteiger partial charge in [0.05, 0.1) is 5.60 Å². The second-order valence-electron chi connectivity index (χ2n) is 6.39. The van der Waals surface area contributed by atoms with Crippen LogP contribution < -0.4 is 5.32 Å². The summed E-state index contributed by atoms with van der Waals surface area (Å²) in [5.41, 5.74) is -0.581. The van der Waals surface area contributed by atoms with Crippen molar-refractivity contribution in [2.24, 2.45) is 5.92 Å². The van der Waals surface area contributed by atoms with Gasteiger partial charge in [-0.3, -0.25) is 4.90 Å². The Hall–Kier alpha value is -0.120. The van der Waals surface area contributed by atoms with Gasteiger partial charge in [-0.25, -0.2) is 0 Å². The molecule has 0 bridgehead atoms. The van der Waals surface area contributed by atoms with Gasteiger partial charge >= 0.3 is 0 Å². The highest BCUT2D eigenvalue weighted by Gasteiger charge is 2.36. The molecule has 2 saturated heterocycles. The SMILES string of the molecule is CC(C)C(C)(O)CNC1CCN2CCCCC12.